The Labute approximate surface area is 111 Å². The van der Waals surface area contributed by atoms with Gasteiger partial charge in [-0.25, -0.2) is 9.59 Å². The van der Waals surface area contributed by atoms with Gasteiger partial charge in [-0.3, -0.25) is 4.79 Å². The number of nitrogens with two attached hydrogens (primary N) is 1. The van der Waals surface area contributed by atoms with E-state index in [0.29, 0.717) is 6.42 Å². The Morgan fingerprint density at radius 1 is 1.32 bits per heavy atom. The molecule has 8 heteroatoms. The van der Waals surface area contributed by atoms with Crippen molar-refractivity contribution in [3.8, 4) is 0 Å². The lowest BCUT2D eigenvalue weighted by atomic mass is 10.1. The highest BCUT2D eigenvalue weighted by molar-refractivity contribution is 5.84. The molecule has 0 saturated carbocycles. The quantitative estimate of drug-likeness (QED) is 0.521. The van der Waals surface area contributed by atoms with Crippen LogP contribution in [0.5, 0.6) is 0 Å². The summed E-state index contributed by atoms with van der Waals surface area (Å²) in [6.45, 7) is 5.27. The first-order valence-electron chi connectivity index (χ1n) is 5.87. The number of primary amides is 1. The van der Waals surface area contributed by atoms with E-state index in [1.165, 1.54) is 0 Å². The van der Waals surface area contributed by atoms with Crippen molar-refractivity contribution in [1.82, 2.24) is 10.6 Å². The van der Waals surface area contributed by atoms with Gasteiger partial charge in [-0.1, -0.05) is 0 Å². The molecule has 0 aliphatic rings. The fraction of sp³-hybridized carbons (Fsp3) is 0.727. The van der Waals surface area contributed by atoms with Gasteiger partial charge in [0, 0.05) is 6.54 Å². The van der Waals surface area contributed by atoms with Crippen LogP contribution in [-0.4, -0.2) is 41.4 Å². The minimum Gasteiger partial charge on any atom is -0.465 e. The Kier molecular flexibility index (Phi) is 6.67. The maximum Gasteiger partial charge on any atom is 0.408 e. The van der Waals surface area contributed by atoms with Crippen molar-refractivity contribution < 1.29 is 24.2 Å². The SMILES string of the molecule is CC(C)(C)OC(=O)N[C@@H](CCCNC(=O)O)C(N)=O. The van der Waals surface area contributed by atoms with Gasteiger partial charge < -0.3 is 26.2 Å². The van der Waals surface area contributed by atoms with Crippen molar-refractivity contribution in [2.45, 2.75) is 45.3 Å². The Bertz CT molecular complexity index is 338. The molecule has 0 aliphatic carbocycles. The first kappa shape index (κ1) is 17.0. The van der Waals surface area contributed by atoms with Gasteiger partial charge in [-0.2, -0.15) is 0 Å². The van der Waals surface area contributed by atoms with E-state index in [1.807, 2.05) is 0 Å². The first-order valence-corrected chi connectivity index (χ1v) is 5.87. The fourth-order valence-corrected chi connectivity index (χ4v) is 1.24. The summed E-state index contributed by atoms with van der Waals surface area (Å²) in [6, 6.07) is -0.884. The second-order valence-electron chi connectivity index (χ2n) is 4.98. The van der Waals surface area contributed by atoms with Crippen LogP contribution >= 0.6 is 0 Å². The zero-order valence-electron chi connectivity index (χ0n) is 11.4. The van der Waals surface area contributed by atoms with Crippen molar-refractivity contribution in [3.05, 3.63) is 0 Å². The molecule has 0 fully saturated rings. The smallest absolute Gasteiger partial charge is 0.408 e. The molecule has 0 aliphatic heterocycles. The number of hydrogen-bond donors (Lipinski definition) is 4. The Morgan fingerprint density at radius 2 is 1.89 bits per heavy atom. The van der Waals surface area contributed by atoms with Crippen LogP contribution in [0.3, 0.4) is 0 Å². The highest BCUT2D eigenvalue weighted by Gasteiger charge is 2.22. The van der Waals surface area contributed by atoms with Gasteiger partial charge in [0.15, 0.2) is 0 Å². The highest BCUT2D eigenvalue weighted by Crippen LogP contribution is 2.07. The largest absolute Gasteiger partial charge is 0.465 e. The lowest BCUT2D eigenvalue weighted by molar-refractivity contribution is -0.120. The summed E-state index contributed by atoms with van der Waals surface area (Å²) in [6.07, 6.45) is -1.27. The number of carboxylic acid groups (broad SMARTS) is 1. The number of rotatable bonds is 6. The topological polar surface area (TPSA) is 131 Å². The van der Waals surface area contributed by atoms with Crippen molar-refractivity contribution in [2.24, 2.45) is 5.73 Å². The number of hydrogen-bond acceptors (Lipinski definition) is 4. The molecule has 3 amide bonds. The molecule has 0 radical (unpaired) electrons. The summed E-state index contributed by atoms with van der Waals surface area (Å²) in [5, 5.41) is 12.9. The van der Waals surface area contributed by atoms with E-state index >= 15 is 0 Å². The van der Waals surface area contributed by atoms with E-state index in [9.17, 15) is 14.4 Å². The second-order valence-corrected chi connectivity index (χ2v) is 4.98. The van der Waals surface area contributed by atoms with Gasteiger partial charge >= 0.3 is 12.2 Å². The number of amides is 3. The molecule has 19 heavy (non-hydrogen) atoms. The van der Waals surface area contributed by atoms with Crippen molar-refractivity contribution in [1.29, 1.82) is 0 Å². The van der Waals surface area contributed by atoms with Crippen LogP contribution in [-0.2, 0) is 9.53 Å². The van der Waals surface area contributed by atoms with E-state index in [4.69, 9.17) is 15.6 Å². The zero-order chi connectivity index (χ0) is 15.1. The Morgan fingerprint density at radius 3 is 2.32 bits per heavy atom. The molecule has 0 spiro atoms. The summed E-state index contributed by atoms with van der Waals surface area (Å²) in [7, 11) is 0. The first-order chi connectivity index (χ1) is 8.61. The standard InChI is InChI=1S/C11H21N3O5/c1-11(2,3)19-10(18)14-7(8(12)15)5-4-6-13-9(16)17/h7,13H,4-6H2,1-3H3,(H2,12,15)(H,14,18)(H,16,17)/t7-/m0/s1. The summed E-state index contributed by atoms with van der Waals surface area (Å²) >= 11 is 0. The predicted octanol–water partition coefficient (Wildman–Crippen LogP) is 0.413. The van der Waals surface area contributed by atoms with E-state index in [-0.39, 0.29) is 13.0 Å². The van der Waals surface area contributed by atoms with Crippen molar-refractivity contribution in [3.63, 3.8) is 0 Å². The molecule has 0 aromatic carbocycles. The molecule has 0 rings (SSSR count). The van der Waals surface area contributed by atoms with Crippen LogP contribution < -0.4 is 16.4 Å². The van der Waals surface area contributed by atoms with Crippen LogP contribution in [0.4, 0.5) is 9.59 Å². The molecular formula is C11H21N3O5. The second kappa shape index (κ2) is 7.45. The molecule has 0 unspecified atom stereocenters. The number of carbonyl (C=O) groups excluding carboxylic acids is 2. The van der Waals surface area contributed by atoms with E-state index in [0.717, 1.165) is 0 Å². The average Bonchev–Trinajstić information content (AvgIpc) is 2.19. The van der Waals surface area contributed by atoms with Crippen molar-refractivity contribution in [2.75, 3.05) is 6.54 Å². The molecule has 0 aromatic heterocycles. The molecule has 0 aromatic rings. The third-order valence-electron chi connectivity index (χ3n) is 1.98. The van der Waals surface area contributed by atoms with Gasteiger partial charge in [0.2, 0.25) is 5.91 Å². The van der Waals surface area contributed by atoms with E-state index in [2.05, 4.69) is 10.6 Å². The normalized spacial score (nSPS) is 12.4. The Balaban J connectivity index is 4.16. The van der Waals surface area contributed by atoms with Crippen LogP contribution in [0.25, 0.3) is 0 Å². The summed E-state index contributed by atoms with van der Waals surface area (Å²) < 4.78 is 5.00. The van der Waals surface area contributed by atoms with E-state index < -0.39 is 29.7 Å². The maximum atomic E-state index is 11.5. The number of ether oxygens (including phenoxy) is 1. The van der Waals surface area contributed by atoms with Crippen LogP contribution in [0.2, 0.25) is 0 Å². The zero-order valence-corrected chi connectivity index (χ0v) is 11.4. The molecular weight excluding hydrogens is 254 g/mol. The monoisotopic (exact) mass is 275 g/mol. The number of alkyl carbamates (subject to hydrolysis) is 1. The number of nitrogens with one attached hydrogen (secondary N) is 2. The molecule has 5 N–H and O–H groups in total. The summed E-state index contributed by atoms with van der Waals surface area (Å²) in [5.41, 5.74) is 4.48. The average molecular weight is 275 g/mol. The minimum absolute atomic E-state index is 0.176. The van der Waals surface area contributed by atoms with Gasteiger partial charge in [0.25, 0.3) is 0 Å². The minimum atomic E-state index is -1.14. The van der Waals surface area contributed by atoms with Crippen LogP contribution in [0, 0.1) is 0 Å². The Hall–Kier alpha value is -1.99. The molecule has 0 saturated heterocycles. The fourth-order valence-electron chi connectivity index (χ4n) is 1.24. The molecule has 8 nitrogen and oxygen atoms in total. The van der Waals surface area contributed by atoms with Crippen LogP contribution in [0.15, 0.2) is 0 Å². The van der Waals surface area contributed by atoms with Gasteiger partial charge in [0.05, 0.1) is 0 Å². The van der Waals surface area contributed by atoms with Crippen LogP contribution in [0.1, 0.15) is 33.6 Å². The van der Waals surface area contributed by atoms with Crippen molar-refractivity contribution >= 4 is 18.1 Å². The predicted molar refractivity (Wildman–Crippen MR) is 67.6 cm³/mol. The molecule has 110 valence electrons. The van der Waals surface area contributed by atoms with Gasteiger partial charge in [0.1, 0.15) is 11.6 Å². The number of carbonyl (C=O) groups is 3. The lowest BCUT2D eigenvalue weighted by Gasteiger charge is -2.22. The third kappa shape index (κ3) is 9.69. The van der Waals surface area contributed by atoms with Gasteiger partial charge in [-0.05, 0) is 33.6 Å². The maximum absolute atomic E-state index is 11.5. The summed E-state index contributed by atoms with van der Waals surface area (Å²) in [5.74, 6) is -0.693. The van der Waals surface area contributed by atoms with E-state index in [1.54, 1.807) is 20.8 Å². The molecule has 0 bridgehead atoms. The highest BCUT2D eigenvalue weighted by atomic mass is 16.6. The molecule has 1 atom stereocenters. The lowest BCUT2D eigenvalue weighted by Crippen LogP contribution is -2.46. The third-order valence-corrected chi connectivity index (χ3v) is 1.98. The van der Waals surface area contributed by atoms with Gasteiger partial charge in [-0.15, -0.1) is 0 Å². The molecule has 0 heterocycles. The summed E-state index contributed by atoms with van der Waals surface area (Å²) in [4.78, 5) is 32.8.